The number of ether oxygens (including phenoxy) is 3. The van der Waals surface area contributed by atoms with Crippen molar-refractivity contribution >= 4 is 17.9 Å². The highest BCUT2D eigenvalue weighted by Crippen LogP contribution is 2.15. The monoisotopic (exact) mass is 787 g/mol. The summed E-state index contributed by atoms with van der Waals surface area (Å²) in [4.78, 5) is 37.8. The molecule has 0 fully saturated rings. The smallest absolute Gasteiger partial charge is 0.306 e. The fraction of sp³-hybridized carbons (Fsp3) is 0.820. The molecule has 0 heterocycles. The van der Waals surface area contributed by atoms with E-state index in [1.165, 1.54) is 135 Å². The average molecular weight is 787 g/mol. The molecule has 6 nitrogen and oxygen atoms in total. The molecule has 0 bridgehead atoms. The summed E-state index contributed by atoms with van der Waals surface area (Å²) in [6.07, 6.45) is 51.2. The first-order valence-corrected chi connectivity index (χ1v) is 24.0. The fourth-order valence-corrected chi connectivity index (χ4v) is 6.74. The molecule has 0 aromatic rings. The van der Waals surface area contributed by atoms with Crippen LogP contribution in [-0.2, 0) is 28.6 Å². The van der Waals surface area contributed by atoms with Crippen molar-refractivity contribution in [3.05, 3.63) is 36.5 Å². The van der Waals surface area contributed by atoms with E-state index in [0.29, 0.717) is 19.3 Å². The molecule has 0 saturated carbocycles. The van der Waals surface area contributed by atoms with Crippen molar-refractivity contribution in [3.63, 3.8) is 0 Å². The summed E-state index contributed by atoms with van der Waals surface area (Å²) >= 11 is 0. The summed E-state index contributed by atoms with van der Waals surface area (Å²) in [6.45, 7) is 6.57. The van der Waals surface area contributed by atoms with Gasteiger partial charge in [0.2, 0.25) is 0 Å². The summed E-state index contributed by atoms with van der Waals surface area (Å²) in [5.41, 5.74) is 0. The molecule has 0 radical (unpaired) electrons. The number of unbranched alkanes of at least 4 members (excludes halogenated alkanes) is 26. The number of carbonyl (C=O) groups excluding carboxylic acids is 3. The normalized spacial score (nSPS) is 12.3. The van der Waals surface area contributed by atoms with Crippen LogP contribution in [0, 0.1) is 0 Å². The van der Waals surface area contributed by atoms with Crippen molar-refractivity contribution in [2.75, 3.05) is 13.2 Å². The van der Waals surface area contributed by atoms with Crippen molar-refractivity contribution < 1.29 is 28.6 Å². The molecular weight excluding hydrogens is 697 g/mol. The molecule has 0 N–H and O–H groups in total. The van der Waals surface area contributed by atoms with Crippen LogP contribution in [0.2, 0.25) is 0 Å². The van der Waals surface area contributed by atoms with E-state index in [2.05, 4.69) is 57.2 Å². The quantitative estimate of drug-likeness (QED) is 0.0265. The molecule has 0 aromatic heterocycles. The van der Waals surface area contributed by atoms with E-state index in [0.717, 1.165) is 70.6 Å². The first-order valence-electron chi connectivity index (χ1n) is 24.0. The Kier molecular flexibility index (Phi) is 43.4. The molecule has 0 saturated heterocycles. The average Bonchev–Trinajstić information content (AvgIpc) is 3.19. The van der Waals surface area contributed by atoms with Gasteiger partial charge in [0, 0.05) is 19.3 Å². The highest BCUT2D eigenvalue weighted by Gasteiger charge is 2.19. The van der Waals surface area contributed by atoms with Crippen LogP contribution < -0.4 is 0 Å². The number of hydrogen-bond acceptors (Lipinski definition) is 6. The molecule has 0 spiro atoms. The lowest BCUT2D eigenvalue weighted by Crippen LogP contribution is -2.30. The van der Waals surface area contributed by atoms with Gasteiger partial charge >= 0.3 is 17.9 Å². The Morgan fingerprint density at radius 1 is 0.357 bits per heavy atom. The molecule has 326 valence electrons. The number of esters is 3. The lowest BCUT2D eigenvalue weighted by molar-refractivity contribution is -0.167. The molecule has 0 rings (SSSR count). The van der Waals surface area contributed by atoms with Gasteiger partial charge in [-0.15, -0.1) is 0 Å². The van der Waals surface area contributed by atoms with Crippen LogP contribution >= 0.6 is 0 Å². The predicted molar refractivity (Wildman–Crippen MR) is 238 cm³/mol. The Bertz CT molecular complexity index is 953. The Hall–Kier alpha value is -2.37. The maximum atomic E-state index is 12.7. The Balaban J connectivity index is 4.41. The third-order valence-corrected chi connectivity index (χ3v) is 10.4. The van der Waals surface area contributed by atoms with E-state index in [-0.39, 0.29) is 31.1 Å². The molecule has 1 atom stereocenters. The summed E-state index contributed by atoms with van der Waals surface area (Å²) < 4.78 is 16.7. The second-order valence-electron chi connectivity index (χ2n) is 16.0. The molecule has 6 heteroatoms. The topological polar surface area (TPSA) is 78.9 Å². The lowest BCUT2D eigenvalue weighted by atomic mass is 10.0. The van der Waals surface area contributed by atoms with Gasteiger partial charge in [0.25, 0.3) is 0 Å². The minimum absolute atomic E-state index is 0.0805. The Labute approximate surface area is 346 Å². The molecule has 0 aromatic carbocycles. The first kappa shape index (κ1) is 53.6. The third-order valence-electron chi connectivity index (χ3n) is 10.4. The van der Waals surface area contributed by atoms with Crippen LogP contribution in [0.4, 0.5) is 0 Å². The Morgan fingerprint density at radius 3 is 1.04 bits per heavy atom. The van der Waals surface area contributed by atoms with E-state index in [4.69, 9.17) is 14.2 Å². The van der Waals surface area contributed by atoms with E-state index < -0.39 is 6.10 Å². The zero-order valence-corrected chi connectivity index (χ0v) is 37.2. The number of hydrogen-bond donors (Lipinski definition) is 0. The van der Waals surface area contributed by atoms with Crippen molar-refractivity contribution in [1.29, 1.82) is 0 Å². The van der Waals surface area contributed by atoms with Gasteiger partial charge in [-0.25, -0.2) is 0 Å². The van der Waals surface area contributed by atoms with Gasteiger partial charge < -0.3 is 14.2 Å². The van der Waals surface area contributed by atoms with Crippen LogP contribution in [0.15, 0.2) is 36.5 Å². The molecule has 0 unspecified atom stereocenters. The molecule has 56 heavy (non-hydrogen) atoms. The van der Waals surface area contributed by atoms with Gasteiger partial charge in [0.05, 0.1) is 0 Å². The highest BCUT2D eigenvalue weighted by molar-refractivity contribution is 5.71. The molecule has 0 amide bonds. The summed E-state index contributed by atoms with van der Waals surface area (Å²) in [6, 6.07) is 0. The van der Waals surface area contributed by atoms with E-state index >= 15 is 0 Å². The molecular formula is C50H90O6. The third kappa shape index (κ3) is 42.8. The standard InChI is InChI=1S/C50H90O6/c1-4-7-10-13-16-19-22-24-25-26-29-31-34-37-40-43-49(52)55-46-47(45-54-48(51)42-39-36-33-30-27-21-18-15-12-9-6-3)56-50(53)44-41-38-35-32-28-23-20-17-14-11-8-5-2/h16,19,24-25,29,31,47H,4-15,17-18,20-23,26-28,30,32-46H2,1-3H3/b19-16-,25-24-,31-29-/t47-/m1/s1. The SMILES string of the molecule is CCCCC/C=C\C/C=C\C/C=C\CCCCC(=O)OC[C@@H](COC(=O)CCCCCCCCCCCCC)OC(=O)CCCCCCCCCCCCCC. The van der Waals surface area contributed by atoms with Crippen molar-refractivity contribution in [2.24, 2.45) is 0 Å². The largest absolute Gasteiger partial charge is 0.462 e. The van der Waals surface area contributed by atoms with E-state index in [9.17, 15) is 14.4 Å². The van der Waals surface area contributed by atoms with Gasteiger partial charge in [0.1, 0.15) is 13.2 Å². The van der Waals surface area contributed by atoms with Gasteiger partial charge in [0.15, 0.2) is 6.10 Å². The van der Waals surface area contributed by atoms with Crippen LogP contribution in [0.5, 0.6) is 0 Å². The summed E-state index contributed by atoms with van der Waals surface area (Å²) in [7, 11) is 0. The molecule has 0 aliphatic carbocycles. The number of allylic oxidation sites excluding steroid dienone is 6. The van der Waals surface area contributed by atoms with Gasteiger partial charge in [-0.05, 0) is 57.8 Å². The zero-order valence-electron chi connectivity index (χ0n) is 37.2. The summed E-state index contributed by atoms with van der Waals surface area (Å²) in [5, 5.41) is 0. The van der Waals surface area contributed by atoms with Crippen molar-refractivity contribution in [3.8, 4) is 0 Å². The lowest BCUT2D eigenvalue weighted by Gasteiger charge is -2.18. The predicted octanol–water partition coefficient (Wildman–Crippen LogP) is 15.4. The fourth-order valence-electron chi connectivity index (χ4n) is 6.74. The highest BCUT2D eigenvalue weighted by atomic mass is 16.6. The second-order valence-corrected chi connectivity index (χ2v) is 16.0. The number of rotatable bonds is 43. The van der Waals surface area contributed by atoms with Gasteiger partial charge in [-0.3, -0.25) is 14.4 Å². The summed E-state index contributed by atoms with van der Waals surface area (Å²) in [5.74, 6) is -0.915. The second kappa shape index (κ2) is 45.3. The van der Waals surface area contributed by atoms with Crippen molar-refractivity contribution in [2.45, 2.75) is 252 Å². The van der Waals surface area contributed by atoms with E-state index in [1.807, 2.05) is 0 Å². The van der Waals surface area contributed by atoms with Gasteiger partial charge in [-0.2, -0.15) is 0 Å². The molecule has 0 aliphatic heterocycles. The van der Waals surface area contributed by atoms with Crippen molar-refractivity contribution in [1.82, 2.24) is 0 Å². The van der Waals surface area contributed by atoms with E-state index in [1.54, 1.807) is 0 Å². The maximum absolute atomic E-state index is 12.7. The minimum Gasteiger partial charge on any atom is -0.462 e. The molecule has 0 aliphatic rings. The van der Waals surface area contributed by atoms with Crippen LogP contribution in [0.25, 0.3) is 0 Å². The van der Waals surface area contributed by atoms with Crippen LogP contribution in [0.1, 0.15) is 245 Å². The first-order chi connectivity index (χ1) is 27.5. The Morgan fingerprint density at radius 2 is 0.643 bits per heavy atom. The van der Waals surface area contributed by atoms with Crippen LogP contribution in [-0.4, -0.2) is 37.2 Å². The van der Waals surface area contributed by atoms with Crippen LogP contribution in [0.3, 0.4) is 0 Å². The maximum Gasteiger partial charge on any atom is 0.306 e. The zero-order chi connectivity index (χ0) is 40.8. The minimum atomic E-state index is -0.780. The number of carbonyl (C=O) groups is 3. The van der Waals surface area contributed by atoms with Gasteiger partial charge in [-0.1, -0.05) is 205 Å².